The molecule has 152 valence electrons. The van der Waals surface area contributed by atoms with Gasteiger partial charge >= 0.3 is 0 Å². The van der Waals surface area contributed by atoms with Crippen molar-refractivity contribution in [1.82, 2.24) is 19.9 Å². The number of morpholine rings is 1. The minimum absolute atomic E-state index is 0.0154. The number of H-pyrrole nitrogens is 2. The lowest BCUT2D eigenvalue weighted by Crippen LogP contribution is -2.38. The molecule has 7 nitrogen and oxygen atoms in total. The molecule has 0 atom stereocenters. The lowest BCUT2D eigenvalue weighted by Gasteiger charge is -2.27. The van der Waals surface area contributed by atoms with Crippen molar-refractivity contribution >= 4 is 16.9 Å². The molecule has 5 rings (SSSR count). The third-order valence-electron chi connectivity index (χ3n) is 6.15. The Labute approximate surface area is 169 Å². The molecule has 1 fully saturated rings. The van der Waals surface area contributed by atoms with Crippen molar-refractivity contribution in [3.05, 3.63) is 57.1 Å². The Morgan fingerprint density at radius 2 is 1.86 bits per heavy atom. The molecule has 2 aliphatic rings. The molecule has 0 bridgehead atoms. The molecule has 0 radical (unpaired) electrons. The summed E-state index contributed by atoms with van der Waals surface area (Å²) in [6.45, 7) is 7.71. The lowest BCUT2D eigenvalue weighted by molar-refractivity contribution is 0.122. The van der Waals surface area contributed by atoms with Crippen LogP contribution in [0.25, 0.3) is 10.9 Å². The van der Waals surface area contributed by atoms with E-state index in [9.17, 15) is 4.79 Å². The van der Waals surface area contributed by atoms with Crippen LogP contribution < -0.4 is 10.5 Å². The van der Waals surface area contributed by atoms with Crippen LogP contribution in [0.15, 0.2) is 29.1 Å². The molecule has 2 aliphatic heterocycles. The predicted octanol–water partition coefficient (Wildman–Crippen LogP) is 2.00. The smallest absolute Gasteiger partial charge is 0.255 e. The summed E-state index contributed by atoms with van der Waals surface area (Å²) in [5.41, 5.74) is 5.57. The Bertz CT molecular complexity index is 1080. The molecule has 0 amide bonds. The van der Waals surface area contributed by atoms with Gasteiger partial charge in [-0.1, -0.05) is 18.2 Å². The van der Waals surface area contributed by atoms with Gasteiger partial charge in [-0.2, -0.15) is 0 Å². The van der Waals surface area contributed by atoms with E-state index in [4.69, 9.17) is 9.72 Å². The van der Waals surface area contributed by atoms with Crippen LogP contribution in [0.5, 0.6) is 0 Å². The second-order valence-corrected chi connectivity index (χ2v) is 7.96. The molecule has 0 unspecified atom stereocenters. The summed E-state index contributed by atoms with van der Waals surface area (Å²) in [5, 5.41) is 1.29. The highest BCUT2D eigenvalue weighted by molar-refractivity contribution is 5.84. The summed E-state index contributed by atoms with van der Waals surface area (Å²) in [4.78, 5) is 28.7. The van der Waals surface area contributed by atoms with Crippen LogP contribution >= 0.6 is 0 Å². The van der Waals surface area contributed by atoms with Crippen molar-refractivity contribution in [2.45, 2.75) is 26.3 Å². The van der Waals surface area contributed by atoms with Crippen LogP contribution in [0.2, 0.25) is 0 Å². The van der Waals surface area contributed by atoms with Gasteiger partial charge in [0.05, 0.1) is 18.9 Å². The third-order valence-corrected chi connectivity index (χ3v) is 6.15. The van der Waals surface area contributed by atoms with Crippen LogP contribution in [0.4, 0.5) is 5.95 Å². The molecule has 0 spiro atoms. The SMILES string of the molecule is Cc1[nH]c2ccccc2c1CN1CCc2nc(N3CCOCC3)[nH]c(=O)c2CC1. The van der Waals surface area contributed by atoms with Crippen molar-refractivity contribution in [3.8, 4) is 0 Å². The fraction of sp³-hybridized carbons (Fsp3) is 0.455. The first-order chi connectivity index (χ1) is 14.2. The topological polar surface area (TPSA) is 77.2 Å². The van der Waals surface area contributed by atoms with Gasteiger partial charge in [-0.05, 0) is 25.0 Å². The molecule has 2 N–H and O–H groups in total. The van der Waals surface area contributed by atoms with E-state index in [1.165, 1.54) is 22.2 Å². The van der Waals surface area contributed by atoms with Gasteiger partial charge in [-0.3, -0.25) is 14.7 Å². The highest BCUT2D eigenvalue weighted by Gasteiger charge is 2.22. The van der Waals surface area contributed by atoms with Gasteiger partial charge in [0.1, 0.15) is 0 Å². The second kappa shape index (κ2) is 7.65. The van der Waals surface area contributed by atoms with E-state index in [2.05, 4.69) is 51.0 Å². The first-order valence-electron chi connectivity index (χ1n) is 10.4. The van der Waals surface area contributed by atoms with Crippen molar-refractivity contribution in [3.63, 3.8) is 0 Å². The van der Waals surface area contributed by atoms with Crippen molar-refractivity contribution in [2.75, 3.05) is 44.3 Å². The molecule has 1 saturated heterocycles. The lowest BCUT2D eigenvalue weighted by atomic mass is 10.1. The Morgan fingerprint density at radius 1 is 1.07 bits per heavy atom. The molecule has 0 saturated carbocycles. The van der Waals surface area contributed by atoms with E-state index in [0.717, 1.165) is 56.8 Å². The molecule has 3 aromatic rings. The van der Waals surface area contributed by atoms with Crippen LogP contribution in [-0.4, -0.2) is 59.2 Å². The summed E-state index contributed by atoms with van der Waals surface area (Å²) in [6, 6.07) is 8.46. The van der Waals surface area contributed by atoms with E-state index in [-0.39, 0.29) is 5.56 Å². The number of aryl methyl sites for hydroxylation is 1. The molecule has 29 heavy (non-hydrogen) atoms. The maximum atomic E-state index is 12.8. The largest absolute Gasteiger partial charge is 0.378 e. The number of aromatic amines is 2. The Morgan fingerprint density at radius 3 is 2.72 bits per heavy atom. The number of fused-ring (bicyclic) bond motifs is 2. The highest BCUT2D eigenvalue weighted by atomic mass is 16.5. The number of rotatable bonds is 3. The number of para-hydroxylation sites is 1. The van der Waals surface area contributed by atoms with E-state index < -0.39 is 0 Å². The number of nitrogens with one attached hydrogen (secondary N) is 2. The van der Waals surface area contributed by atoms with E-state index in [0.29, 0.717) is 19.2 Å². The molecule has 0 aliphatic carbocycles. The number of aromatic nitrogens is 3. The first-order valence-corrected chi connectivity index (χ1v) is 10.4. The Hall–Kier alpha value is -2.64. The van der Waals surface area contributed by atoms with Crippen LogP contribution in [0.1, 0.15) is 22.5 Å². The minimum atomic E-state index is 0.0154. The summed E-state index contributed by atoms with van der Waals surface area (Å²) in [5.74, 6) is 0.693. The summed E-state index contributed by atoms with van der Waals surface area (Å²) >= 11 is 0. The number of benzene rings is 1. The van der Waals surface area contributed by atoms with E-state index >= 15 is 0 Å². The average Bonchev–Trinajstić information content (AvgIpc) is 2.92. The number of hydrogen-bond donors (Lipinski definition) is 2. The minimum Gasteiger partial charge on any atom is -0.378 e. The van der Waals surface area contributed by atoms with Gasteiger partial charge in [0.2, 0.25) is 5.95 Å². The zero-order chi connectivity index (χ0) is 19.8. The van der Waals surface area contributed by atoms with Crippen LogP contribution in [0, 0.1) is 6.92 Å². The standard InChI is InChI=1S/C22H27N5O2/c1-15-18(16-4-2-3-5-19(16)23-15)14-26-8-6-17-20(7-9-26)24-22(25-21(17)28)27-10-12-29-13-11-27/h2-5,23H,6-14H2,1H3,(H,24,25,28). The first kappa shape index (κ1) is 18.4. The summed E-state index contributed by atoms with van der Waals surface area (Å²) in [6.07, 6.45) is 1.54. The van der Waals surface area contributed by atoms with Crippen molar-refractivity contribution in [2.24, 2.45) is 0 Å². The molecule has 2 aromatic heterocycles. The number of hydrogen-bond acceptors (Lipinski definition) is 5. The van der Waals surface area contributed by atoms with Gasteiger partial charge in [-0.25, -0.2) is 4.98 Å². The Kier molecular flexibility index (Phi) is 4.85. The van der Waals surface area contributed by atoms with Crippen molar-refractivity contribution < 1.29 is 4.74 Å². The monoisotopic (exact) mass is 393 g/mol. The fourth-order valence-corrected chi connectivity index (χ4v) is 4.49. The van der Waals surface area contributed by atoms with Crippen LogP contribution in [0.3, 0.4) is 0 Å². The number of nitrogens with zero attached hydrogens (tertiary/aromatic N) is 3. The molecular formula is C22H27N5O2. The quantitative estimate of drug-likeness (QED) is 0.712. The maximum Gasteiger partial charge on any atom is 0.255 e. The highest BCUT2D eigenvalue weighted by Crippen LogP contribution is 2.24. The van der Waals surface area contributed by atoms with Gasteiger partial charge in [0.15, 0.2) is 0 Å². The average molecular weight is 393 g/mol. The molecule has 1 aromatic carbocycles. The van der Waals surface area contributed by atoms with E-state index in [1.807, 2.05) is 0 Å². The number of ether oxygens (including phenoxy) is 1. The Balaban J connectivity index is 1.37. The zero-order valence-electron chi connectivity index (χ0n) is 16.8. The van der Waals surface area contributed by atoms with Gasteiger partial charge in [0.25, 0.3) is 5.56 Å². The second-order valence-electron chi connectivity index (χ2n) is 7.96. The van der Waals surface area contributed by atoms with E-state index in [1.54, 1.807) is 0 Å². The van der Waals surface area contributed by atoms with Crippen LogP contribution in [-0.2, 0) is 24.1 Å². The predicted molar refractivity (Wildman–Crippen MR) is 114 cm³/mol. The molecule has 4 heterocycles. The molecular weight excluding hydrogens is 366 g/mol. The normalized spacial score (nSPS) is 18.0. The summed E-state index contributed by atoms with van der Waals surface area (Å²) < 4.78 is 5.42. The molecule has 7 heteroatoms. The fourth-order valence-electron chi connectivity index (χ4n) is 4.49. The maximum absolute atomic E-state index is 12.8. The van der Waals surface area contributed by atoms with Gasteiger partial charge < -0.3 is 14.6 Å². The van der Waals surface area contributed by atoms with Gasteiger partial charge in [0, 0.05) is 61.3 Å². The zero-order valence-corrected chi connectivity index (χ0v) is 16.8. The van der Waals surface area contributed by atoms with Gasteiger partial charge in [-0.15, -0.1) is 0 Å². The third kappa shape index (κ3) is 3.56. The summed E-state index contributed by atoms with van der Waals surface area (Å²) in [7, 11) is 0. The number of anilines is 1. The van der Waals surface area contributed by atoms with Crippen molar-refractivity contribution in [1.29, 1.82) is 0 Å².